The smallest absolute Gasteiger partial charge is 0.127 e. The highest BCUT2D eigenvalue weighted by atomic mass is 16.5. The zero-order valence-corrected chi connectivity index (χ0v) is 9.77. The summed E-state index contributed by atoms with van der Waals surface area (Å²) in [6, 6.07) is 10.4. The lowest BCUT2D eigenvalue weighted by Crippen LogP contribution is -1.85. The van der Waals surface area contributed by atoms with E-state index in [0.29, 0.717) is 11.3 Å². The molecule has 0 heterocycles. The summed E-state index contributed by atoms with van der Waals surface area (Å²) in [6.45, 7) is 1.82. The number of ether oxygens (including phenoxy) is 1. The van der Waals surface area contributed by atoms with E-state index in [9.17, 15) is 10.2 Å². The largest absolute Gasteiger partial charge is 0.508 e. The first-order chi connectivity index (χ1) is 8.11. The number of aryl methyl sites for hydroxylation is 1. The lowest BCUT2D eigenvalue weighted by molar-refractivity contribution is 0.408. The van der Waals surface area contributed by atoms with Crippen molar-refractivity contribution in [3.8, 4) is 28.4 Å². The van der Waals surface area contributed by atoms with E-state index >= 15 is 0 Å². The van der Waals surface area contributed by atoms with Gasteiger partial charge in [-0.3, -0.25) is 0 Å². The van der Waals surface area contributed by atoms with Gasteiger partial charge in [-0.2, -0.15) is 0 Å². The van der Waals surface area contributed by atoms with Crippen molar-refractivity contribution in [2.75, 3.05) is 7.11 Å². The molecule has 0 fully saturated rings. The fraction of sp³-hybridized carbons (Fsp3) is 0.143. The van der Waals surface area contributed by atoms with Crippen molar-refractivity contribution in [3.63, 3.8) is 0 Å². The van der Waals surface area contributed by atoms with Gasteiger partial charge in [0.25, 0.3) is 0 Å². The highest BCUT2D eigenvalue weighted by Gasteiger charge is 2.07. The molecule has 2 aromatic rings. The van der Waals surface area contributed by atoms with Crippen LogP contribution in [0.1, 0.15) is 5.56 Å². The molecule has 0 saturated heterocycles. The van der Waals surface area contributed by atoms with Crippen molar-refractivity contribution in [1.82, 2.24) is 0 Å². The third-order valence-electron chi connectivity index (χ3n) is 2.71. The molecule has 3 nitrogen and oxygen atoms in total. The molecule has 3 heteroatoms. The number of hydrogen-bond donors (Lipinski definition) is 2. The third kappa shape index (κ3) is 2.18. The number of methoxy groups -OCH3 is 1. The van der Waals surface area contributed by atoms with Crippen molar-refractivity contribution in [1.29, 1.82) is 0 Å². The standard InChI is InChI=1S/C14H14O3/c1-9-7-10(3-6-13(9)15)12-5-4-11(17-2)8-14(12)16/h3-8,15-16H,1-2H3. The Morgan fingerprint density at radius 3 is 2.29 bits per heavy atom. The lowest BCUT2D eigenvalue weighted by Gasteiger charge is -2.08. The SMILES string of the molecule is COc1ccc(-c2ccc(O)c(C)c2)c(O)c1. The van der Waals surface area contributed by atoms with Crippen molar-refractivity contribution in [3.05, 3.63) is 42.0 Å². The summed E-state index contributed by atoms with van der Waals surface area (Å²) in [5, 5.41) is 19.4. The Labute approximate surface area is 99.9 Å². The Hall–Kier alpha value is -2.16. The van der Waals surface area contributed by atoms with E-state index < -0.39 is 0 Å². The third-order valence-corrected chi connectivity index (χ3v) is 2.71. The maximum Gasteiger partial charge on any atom is 0.127 e. The molecular weight excluding hydrogens is 216 g/mol. The predicted octanol–water partition coefficient (Wildman–Crippen LogP) is 3.08. The fourth-order valence-electron chi connectivity index (χ4n) is 1.71. The molecule has 17 heavy (non-hydrogen) atoms. The first-order valence-corrected chi connectivity index (χ1v) is 5.29. The molecule has 0 saturated carbocycles. The van der Waals surface area contributed by atoms with Gasteiger partial charge in [0.2, 0.25) is 0 Å². The average Bonchev–Trinajstić information content (AvgIpc) is 2.32. The quantitative estimate of drug-likeness (QED) is 0.833. The molecule has 0 spiro atoms. The summed E-state index contributed by atoms with van der Waals surface area (Å²) in [5.41, 5.74) is 2.35. The minimum Gasteiger partial charge on any atom is -0.508 e. The zero-order chi connectivity index (χ0) is 12.4. The molecule has 0 aliphatic rings. The molecule has 0 amide bonds. The summed E-state index contributed by atoms with van der Waals surface area (Å²) >= 11 is 0. The Balaban J connectivity index is 2.49. The molecule has 0 atom stereocenters. The molecule has 0 aliphatic heterocycles. The van der Waals surface area contributed by atoms with Gasteiger partial charge in [-0.15, -0.1) is 0 Å². The molecule has 2 rings (SSSR count). The van der Waals surface area contributed by atoms with E-state index in [-0.39, 0.29) is 11.5 Å². The van der Waals surface area contributed by atoms with Gasteiger partial charge in [-0.25, -0.2) is 0 Å². The van der Waals surface area contributed by atoms with E-state index in [4.69, 9.17) is 4.74 Å². The number of hydrogen-bond acceptors (Lipinski definition) is 3. The van der Waals surface area contributed by atoms with Crippen LogP contribution in [-0.4, -0.2) is 17.3 Å². The minimum absolute atomic E-state index is 0.162. The molecule has 88 valence electrons. The Kier molecular flexibility index (Phi) is 2.91. The summed E-state index contributed by atoms with van der Waals surface area (Å²) in [4.78, 5) is 0. The summed E-state index contributed by atoms with van der Waals surface area (Å²) in [6.07, 6.45) is 0. The van der Waals surface area contributed by atoms with Crippen LogP contribution in [0.3, 0.4) is 0 Å². The van der Waals surface area contributed by atoms with Crippen LogP contribution in [0.15, 0.2) is 36.4 Å². The second-order valence-electron chi connectivity index (χ2n) is 3.88. The average molecular weight is 230 g/mol. The van der Waals surface area contributed by atoms with E-state index in [1.165, 1.54) is 0 Å². The first-order valence-electron chi connectivity index (χ1n) is 5.29. The van der Waals surface area contributed by atoms with Crippen LogP contribution in [0.25, 0.3) is 11.1 Å². The predicted molar refractivity (Wildman–Crippen MR) is 66.5 cm³/mol. The fourth-order valence-corrected chi connectivity index (χ4v) is 1.71. The summed E-state index contributed by atoms with van der Waals surface area (Å²) in [5.74, 6) is 1.03. The van der Waals surface area contributed by atoms with Crippen LogP contribution in [0, 0.1) is 6.92 Å². The zero-order valence-electron chi connectivity index (χ0n) is 9.77. The molecular formula is C14H14O3. The van der Waals surface area contributed by atoms with Gasteiger partial charge in [0.15, 0.2) is 0 Å². The van der Waals surface area contributed by atoms with Crippen molar-refractivity contribution >= 4 is 0 Å². The van der Waals surface area contributed by atoms with Gasteiger partial charge in [-0.05, 0) is 42.3 Å². The summed E-state index contributed by atoms with van der Waals surface area (Å²) < 4.78 is 5.03. The number of rotatable bonds is 2. The van der Waals surface area contributed by atoms with Gasteiger partial charge >= 0.3 is 0 Å². The summed E-state index contributed by atoms with van der Waals surface area (Å²) in [7, 11) is 1.55. The number of phenols is 2. The van der Waals surface area contributed by atoms with Gasteiger partial charge in [0, 0.05) is 11.6 Å². The second-order valence-corrected chi connectivity index (χ2v) is 3.88. The second kappa shape index (κ2) is 4.37. The molecule has 2 aromatic carbocycles. The number of aromatic hydroxyl groups is 2. The minimum atomic E-state index is 0.162. The Morgan fingerprint density at radius 1 is 0.941 bits per heavy atom. The normalized spacial score (nSPS) is 10.2. The topological polar surface area (TPSA) is 49.7 Å². The molecule has 2 N–H and O–H groups in total. The Bertz CT molecular complexity index is 547. The maximum atomic E-state index is 9.89. The van der Waals surface area contributed by atoms with Crippen LogP contribution in [0.4, 0.5) is 0 Å². The maximum absolute atomic E-state index is 9.89. The molecule has 0 bridgehead atoms. The van der Waals surface area contributed by atoms with E-state index in [1.54, 1.807) is 37.4 Å². The van der Waals surface area contributed by atoms with Gasteiger partial charge in [0.1, 0.15) is 17.2 Å². The van der Waals surface area contributed by atoms with Crippen molar-refractivity contribution < 1.29 is 14.9 Å². The van der Waals surface area contributed by atoms with Gasteiger partial charge in [-0.1, -0.05) is 6.07 Å². The number of phenolic OH excluding ortho intramolecular Hbond substituents is 2. The Morgan fingerprint density at radius 2 is 1.71 bits per heavy atom. The molecule has 0 aromatic heterocycles. The first kappa shape index (κ1) is 11.3. The molecule has 0 aliphatic carbocycles. The van der Waals surface area contributed by atoms with Crippen LogP contribution in [0.2, 0.25) is 0 Å². The molecule has 0 radical (unpaired) electrons. The van der Waals surface area contributed by atoms with E-state index in [0.717, 1.165) is 11.1 Å². The highest BCUT2D eigenvalue weighted by molar-refractivity contribution is 5.72. The van der Waals surface area contributed by atoms with Crippen molar-refractivity contribution in [2.45, 2.75) is 6.92 Å². The van der Waals surface area contributed by atoms with Crippen LogP contribution in [-0.2, 0) is 0 Å². The van der Waals surface area contributed by atoms with Crippen molar-refractivity contribution in [2.24, 2.45) is 0 Å². The van der Waals surface area contributed by atoms with Crippen LogP contribution >= 0.6 is 0 Å². The van der Waals surface area contributed by atoms with E-state index in [1.807, 2.05) is 13.0 Å². The van der Waals surface area contributed by atoms with Crippen LogP contribution < -0.4 is 4.74 Å². The van der Waals surface area contributed by atoms with Gasteiger partial charge in [0.05, 0.1) is 7.11 Å². The number of benzene rings is 2. The van der Waals surface area contributed by atoms with E-state index in [2.05, 4.69) is 0 Å². The highest BCUT2D eigenvalue weighted by Crippen LogP contribution is 2.34. The monoisotopic (exact) mass is 230 g/mol. The molecule has 0 unspecified atom stereocenters. The lowest BCUT2D eigenvalue weighted by atomic mass is 10.0. The van der Waals surface area contributed by atoms with Crippen LogP contribution in [0.5, 0.6) is 17.2 Å². The van der Waals surface area contributed by atoms with Gasteiger partial charge < -0.3 is 14.9 Å².